The number of nitrogens with zero attached hydrogens (tertiary/aromatic N) is 5. The summed E-state index contributed by atoms with van der Waals surface area (Å²) in [6.07, 6.45) is 7.77. The molecule has 9 rings (SSSR count). The number of fused-ring (bicyclic) bond motifs is 4. The molecule has 0 aliphatic carbocycles. The standard InChI is InChI=1S/C25H20ClN3O.C20H16BrClN2O/c1-15-16(2)28-22-5-4-19(26)14-21(22)25(15)29-11-8-20-23(29)12-18(13-24(20)30-3)17-6-9-27-10-7-17;1-11-12(2)23-17-5-4-14(22)10-16(17)20(11)24-7-6-15-18(24)8-13(21)9-19(15)25-3/h4-14H,1-3H3;4-10H,1-3H3. The van der Waals surface area contributed by atoms with Gasteiger partial charge in [-0.15, -0.1) is 0 Å². The van der Waals surface area contributed by atoms with Gasteiger partial charge in [-0.05, 0) is 135 Å². The monoisotopic (exact) mass is 827 g/mol. The molecule has 0 radical (unpaired) electrons. The molecule has 10 heteroatoms. The van der Waals surface area contributed by atoms with Gasteiger partial charge in [0.2, 0.25) is 0 Å². The fourth-order valence-corrected chi connectivity index (χ4v) is 8.08. The van der Waals surface area contributed by atoms with Crippen molar-refractivity contribution in [1.29, 1.82) is 0 Å². The fourth-order valence-electron chi connectivity index (χ4n) is 7.31. The summed E-state index contributed by atoms with van der Waals surface area (Å²) >= 11 is 16.2. The number of ether oxygens (including phenoxy) is 2. The number of rotatable bonds is 5. The van der Waals surface area contributed by atoms with Crippen molar-refractivity contribution >= 4 is 82.7 Å². The smallest absolute Gasteiger partial charge is 0.129 e. The first-order chi connectivity index (χ1) is 26.6. The van der Waals surface area contributed by atoms with Gasteiger partial charge in [0.15, 0.2) is 0 Å². The Bertz CT molecular complexity index is 2940. The van der Waals surface area contributed by atoms with Gasteiger partial charge in [0.25, 0.3) is 0 Å². The Labute approximate surface area is 337 Å². The van der Waals surface area contributed by atoms with E-state index in [1.807, 2.05) is 68.4 Å². The third-order valence-corrected chi connectivity index (χ3v) is 11.2. The first-order valence-corrected chi connectivity index (χ1v) is 19.2. The van der Waals surface area contributed by atoms with Gasteiger partial charge in [-0.3, -0.25) is 15.0 Å². The number of benzene rings is 4. The maximum atomic E-state index is 6.35. The Hall–Kier alpha value is -5.41. The predicted molar refractivity (Wildman–Crippen MR) is 230 cm³/mol. The maximum Gasteiger partial charge on any atom is 0.129 e. The molecule has 4 aromatic carbocycles. The number of halogens is 3. The van der Waals surface area contributed by atoms with Crippen molar-refractivity contribution in [2.75, 3.05) is 14.2 Å². The minimum Gasteiger partial charge on any atom is -0.496 e. The fraction of sp³-hybridized carbons (Fsp3) is 0.133. The average Bonchev–Trinajstić information content (AvgIpc) is 3.80. The summed E-state index contributed by atoms with van der Waals surface area (Å²) in [4.78, 5) is 13.6. The zero-order valence-electron chi connectivity index (χ0n) is 31.1. The Kier molecular flexibility index (Phi) is 9.76. The van der Waals surface area contributed by atoms with Crippen molar-refractivity contribution in [3.63, 3.8) is 0 Å². The molecule has 274 valence electrons. The second kappa shape index (κ2) is 14.7. The van der Waals surface area contributed by atoms with E-state index in [1.165, 1.54) is 0 Å². The van der Waals surface area contributed by atoms with Crippen LogP contribution >= 0.6 is 39.1 Å². The van der Waals surface area contributed by atoms with Gasteiger partial charge in [0, 0.05) is 72.2 Å². The molecule has 0 aliphatic rings. The molecule has 7 nitrogen and oxygen atoms in total. The summed E-state index contributed by atoms with van der Waals surface area (Å²) in [5, 5.41) is 5.58. The molecule has 0 saturated heterocycles. The van der Waals surface area contributed by atoms with E-state index in [1.54, 1.807) is 26.6 Å². The van der Waals surface area contributed by atoms with Gasteiger partial charge in [-0.25, -0.2) is 0 Å². The molecule has 5 heterocycles. The Morgan fingerprint density at radius 2 is 1.04 bits per heavy atom. The van der Waals surface area contributed by atoms with Crippen LogP contribution in [0.1, 0.15) is 22.5 Å². The summed E-state index contributed by atoms with van der Waals surface area (Å²) in [5.41, 5.74) is 12.6. The van der Waals surface area contributed by atoms with E-state index in [0.717, 1.165) is 105 Å². The third-order valence-electron chi connectivity index (χ3n) is 10.2. The SMILES string of the molecule is COc1cc(-c2ccncc2)cc2c1ccn2-c1c(C)c(C)nc2ccc(Cl)cc12.COc1cc(Br)cc2c1ccn2-c1c(C)c(C)nc2ccc(Cl)cc12. The van der Waals surface area contributed by atoms with Gasteiger partial charge < -0.3 is 18.6 Å². The van der Waals surface area contributed by atoms with E-state index in [0.29, 0.717) is 10.0 Å². The molecule has 0 spiro atoms. The third kappa shape index (κ3) is 6.58. The van der Waals surface area contributed by atoms with Crippen LogP contribution in [0.5, 0.6) is 11.5 Å². The molecule has 5 aromatic heterocycles. The van der Waals surface area contributed by atoms with Crippen molar-refractivity contribution < 1.29 is 9.47 Å². The molecule has 0 fully saturated rings. The highest BCUT2D eigenvalue weighted by Crippen LogP contribution is 2.39. The Balaban J connectivity index is 0.000000158. The van der Waals surface area contributed by atoms with Crippen molar-refractivity contribution in [2.45, 2.75) is 27.7 Å². The molecule has 0 aliphatic heterocycles. The lowest BCUT2D eigenvalue weighted by molar-refractivity contribution is 0.419. The topological polar surface area (TPSA) is 67.0 Å². The maximum absolute atomic E-state index is 6.35. The van der Waals surface area contributed by atoms with Crippen LogP contribution < -0.4 is 9.47 Å². The Morgan fingerprint density at radius 3 is 1.55 bits per heavy atom. The highest BCUT2D eigenvalue weighted by Gasteiger charge is 2.18. The summed E-state index contributed by atoms with van der Waals surface area (Å²) in [5.74, 6) is 1.68. The highest BCUT2D eigenvalue weighted by molar-refractivity contribution is 9.10. The van der Waals surface area contributed by atoms with Gasteiger partial charge in [0.1, 0.15) is 11.5 Å². The van der Waals surface area contributed by atoms with E-state index in [4.69, 9.17) is 42.6 Å². The predicted octanol–water partition coefficient (Wildman–Crippen LogP) is 12.7. The minimum atomic E-state index is 0.695. The van der Waals surface area contributed by atoms with Crippen LogP contribution in [0.2, 0.25) is 10.0 Å². The van der Waals surface area contributed by atoms with Crippen molar-refractivity contribution in [2.24, 2.45) is 0 Å². The largest absolute Gasteiger partial charge is 0.496 e. The zero-order valence-corrected chi connectivity index (χ0v) is 34.2. The van der Waals surface area contributed by atoms with Gasteiger partial charge in [-0.2, -0.15) is 0 Å². The van der Waals surface area contributed by atoms with Crippen molar-refractivity contribution in [3.8, 4) is 34.0 Å². The van der Waals surface area contributed by atoms with Crippen LogP contribution in [0.3, 0.4) is 0 Å². The molecule has 0 atom stereocenters. The van der Waals surface area contributed by atoms with E-state index in [2.05, 4.69) is 86.6 Å². The second-order valence-corrected chi connectivity index (χ2v) is 15.2. The van der Waals surface area contributed by atoms with Crippen LogP contribution in [0.15, 0.2) is 114 Å². The number of methoxy groups -OCH3 is 2. The highest BCUT2D eigenvalue weighted by atomic mass is 79.9. The van der Waals surface area contributed by atoms with Crippen LogP contribution in [-0.2, 0) is 0 Å². The number of hydrogen-bond acceptors (Lipinski definition) is 5. The number of pyridine rings is 3. The molecule has 0 unspecified atom stereocenters. The molecule has 55 heavy (non-hydrogen) atoms. The molecular formula is C45H36BrCl2N5O2. The molecule has 0 N–H and O–H groups in total. The summed E-state index contributed by atoms with van der Waals surface area (Å²) in [6, 6.07) is 28.2. The average molecular weight is 830 g/mol. The first kappa shape index (κ1) is 36.6. The summed E-state index contributed by atoms with van der Waals surface area (Å²) in [6.45, 7) is 8.28. The number of aryl methyl sites for hydroxylation is 2. The lowest BCUT2D eigenvalue weighted by atomic mass is 10.0. The summed E-state index contributed by atoms with van der Waals surface area (Å²) in [7, 11) is 3.40. The van der Waals surface area contributed by atoms with E-state index < -0.39 is 0 Å². The molecule has 0 saturated carbocycles. The van der Waals surface area contributed by atoms with Crippen LogP contribution in [-0.4, -0.2) is 38.3 Å². The lowest BCUT2D eigenvalue weighted by Gasteiger charge is -2.16. The van der Waals surface area contributed by atoms with E-state index >= 15 is 0 Å². The molecular weight excluding hydrogens is 793 g/mol. The molecule has 0 bridgehead atoms. The second-order valence-electron chi connectivity index (χ2n) is 13.4. The Morgan fingerprint density at radius 1 is 0.545 bits per heavy atom. The quantitative estimate of drug-likeness (QED) is 0.173. The molecule has 9 aromatic rings. The van der Waals surface area contributed by atoms with E-state index in [-0.39, 0.29) is 0 Å². The number of aromatic nitrogens is 5. The van der Waals surface area contributed by atoms with Gasteiger partial charge in [-0.1, -0.05) is 39.1 Å². The molecule has 0 amide bonds. The summed E-state index contributed by atoms with van der Waals surface area (Å²) < 4.78 is 16.7. The van der Waals surface area contributed by atoms with Crippen LogP contribution in [0.4, 0.5) is 0 Å². The van der Waals surface area contributed by atoms with Crippen LogP contribution in [0, 0.1) is 27.7 Å². The zero-order chi connectivity index (χ0) is 38.5. The number of hydrogen-bond donors (Lipinski definition) is 0. The first-order valence-electron chi connectivity index (χ1n) is 17.6. The van der Waals surface area contributed by atoms with Gasteiger partial charge >= 0.3 is 0 Å². The van der Waals surface area contributed by atoms with Crippen molar-refractivity contribution in [3.05, 3.63) is 147 Å². The van der Waals surface area contributed by atoms with Crippen molar-refractivity contribution in [1.82, 2.24) is 24.1 Å². The van der Waals surface area contributed by atoms with Gasteiger partial charge in [0.05, 0.1) is 47.7 Å². The van der Waals surface area contributed by atoms with Crippen LogP contribution in [0.25, 0.3) is 66.1 Å². The lowest BCUT2D eigenvalue weighted by Crippen LogP contribution is -2.02. The normalized spacial score (nSPS) is 11.4. The minimum absolute atomic E-state index is 0.695. The van der Waals surface area contributed by atoms with E-state index in [9.17, 15) is 0 Å².